The van der Waals surface area contributed by atoms with Crippen LogP contribution in [0, 0.1) is 17.3 Å². The van der Waals surface area contributed by atoms with Crippen molar-refractivity contribution in [3.63, 3.8) is 0 Å². The highest BCUT2D eigenvalue weighted by atomic mass is 16.5. The third-order valence-corrected chi connectivity index (χ3v) is 7.99. The fraction of sp³-hybridized carbons (Fsp3) is 0.464. The van der Waals surface area contributed by atoms with Gasteiger partial charge in [0.2, 0.25) is 5.91 Å². The summed E-state index contributed by atoms with van der Waals surface area (Å²) in [6, 6.07) is 16.4. The summed E-state index contributed by atoms with van der Waals surface area (Å²) in [5, 5.41) is 15.2. The van der Waals surface area contributed by atoms with E-state index in [2.05, 4.69) is 34.9 Å². The Hall–Kier alpha value is -3.35. The van der Waals surface area contributed by atoms with E-state index in [-0.39, 0.29) is 36.3 Å². The Bertz CT molecular complexity index is 1100. The van der Waals surface area contributed by atoms with Crippen LogP contribution >= 0.6 is 0 Å². The first-order valence-corrected chi connectivity index (χ1v) is 12.5. The molecule has 0 aromatic heterocycles. The minimum atomic E-state index is -0.730. The van der Waals surface area contributed by atoms with E-state index in [1.807, 2.05) is 31.2 Å². The smallest absolute Gasteiger partial charge is 0.407 e. The maximum absolute atomic E-state index is 12.4. The molecule has 7 nitrogen and oxygen atoms in total. The largest absolute Gasteiger partial charge is 0.481 e. The first-order valence-electron chi connectivity index (χ1n) is 12.5. The lowest BCUT2D eigenvalue weighted by molar-refractivity contribution is -0.143. The monoisotopic (exact) mass is 476 g/mol. The molecule has 0 saturated heterocycles. The van der Waals surface area contributed by atoms with Gasteiger partial charge in [-0.1, -0.05) is 55.5 Å². The number of hydrogen-bond donors (Lipinski definition) is 3. The molecule has 0 spiro atoms. The summed E-state index contributed by atoms with van der Waals surface area (Å²) in [7, 11) is 0. The summed E-state index contributed by atoms with van der Waals surface area (Å²) < 4.78 is 5.56. The lowest BCUT2D eigenvalue weighted by atomic mass is 9.98. The van der Waals surface area contributed by atoms with Crippen LogP contribution in [0.25, 0.3) is 11.1 Å². The molecule has 3 aliphatic carbocycles. The van der Waals surface area contributed by atoms with Gasteiger partial charge < -0.3 is 20.5 Å². The van der Waals surface area contributed by atoms with E-state index in [1.165, 1.54) is 22.3 Å². The number of ether oxygens (including phenoxy) is 1. The number of aliphatic carboxylic acids is 1. The number of alkyl carbamates (subject to hydrolysis) is 1. The summed E-state index contributed by atoms with van der Waals surface area (Å²) in [5.74, 6) is -0.451. The van der Waals surface area contributed by atoms with Crippen LogP contribution in [-0.4, -0.2) is 42.3 Å². The molecule has 3 aliphatic rings. The van der Waals surface area contributed by atoms with Gasteiger partial charge in [0.15, 0.2) is 0 Å². The van der Waals surface area contributed by atoms with E-state index < -0.39 is 17.5 Å². The predicted molar refractivity (Wildman–Crippen MR) is 131 cm³/mol. The number of carboxylic acid groups (broad SMARTS) is 1. The van der Waals surface area contributed by atoms with Gasteiger partial charge in [-0.3, -0.25) is 9.59 Å². The van der Waals surface area contributed by atoms with Crippen molar-refractivity contribution in [2.45, 2.75) is 51.0 Å². The predicted octanol–water partition coefficient (Wildman–Crippen LogP) is 4.31. The Morgan fingerprint density at radius 1 is 1.06 bits per heavy atom. The number of hydrogen-bond acceptors (Lipinski definition) is 4. The van der Waals surface area contributed by atoms with Crippen molar-refractivity contribution in [3.8, 4) is 11.1 Å². The van der Waals surface area contributed by atoms with E-state index >= 15 is 0 Å². The quantitative estimate of drug-likeness (QED) is 0.500. The van der Waals surface area contributed by atoms with Crippen LogP contribution in [0.4, 0.5) is 4.79 Å². The summed E-state index contributed by atoms with van der Waals surface area (Å²) >= 11 is 0. The number of benzene rings is 2. The van der Waals surface area contributed by atoms with Crippen LogP contribution in [0.2, 0.25) is 0 Å². The third-order valence-electron chi connectivity index (χ3n) is 7.99. The highest BCUT2D eigenvalue weighted by Crippen LogP contribution is 2.63. The number of carbonyl (C=O) groups excluding carboxylic acids is 2. The van der Waals surface area contributed by atoms with Crippen molar-refractivity contribution in [3.05, 3.63) is 59.7 Å². The second-order valence-electron chi connectivity index (χ2n) is 10.4. The molecule has 3 N–H and O–H groups in total. The van der Waals surface area contributed by atoms with Gasteiger partial charge in [0.25, 0.3) is 0 Å². The Labute approximate surface area is 205 Å². The van der Waals surface area contributed by atoms with E-state index in [4.69, 9.17) is 4.74 Å². The van der Waals surface area contributed by atoms with Gasteiger partial charge in [-0.25, -0.2) is 4.79 Å². The molecule has 184 valence electrons. The third kappa shape index (κ3) is 4.64. The van der Waals surface area contributed by atoms with Crippen LogP contribution in [0.5, 0.6) is 0 Å². The molecular formula is C28H32N2O5. The van der Waals surface area contributed by atoms with Crippen molar-refractivity contribution >= 4 is 18.0 Å². The van der Waals surface area contributed by atoms with Gasteiger partial charge in [0, 0.05) is 24.9 Å². The van der Waals surface area contributed by atoms with Crippen LogP contribution in [0.15, 0.2) is 48.5 Å². The second kappa shape index (κ2) is 9.36. The normalized spacial score (nSPS) is 24.6. The molecule has 0 aliphatic heterocycles. The molecular weight excluding hydrogens is 444 g/mol. The average Bonchev–Trinajstić information content (AvgIpc) is 3.26. The van der Waals surface area contributed by atoms with Crippen molar-refractivity contribution in [2.24, 2.45) is 17.3 Å². The van der Waals surface area contributed by atoms with Gasteiger partial charge in [0.05, 0.1) is 5.41 Å². The molecule has 2 fully saturated rings. The zero-order valence-corrected chi connectivity index (χ0v) is 20.0. The Balaban J connectivity index is 1.02. The van der Waals surface area contributed by atoms with Crippen LogP contribution in [-0.2, 0) is 14.3 Å². The summed E-state index contributed by atoms with van der Waals surface area (Å²) in [6.07, 6.45) is 2.60. The number of carbonyl (C=O) groups is 3. The highest BCUT2D eigenvalue weighted by molar-refractivity contribution is 5.81. The zero-order valence-electron chi connectivity index (χ0n) is 20.0. The van der Waals surface area contributed by atoms with Crippen LogP contribution < -0.4 is 10.6 Å². The molecule has 2 aromatic rings. The van der Waals surface area contributed by atoms with Gasteiger partial charge in [-0.15, -0.1) is 0 Å². The lowest BCUT2D eigenvalue weighted by Gasteiger charge is -2.18. The SMILES string of the molecule is CC(CCNC(=O)OCC1c2ccccc2-c2ccccc21)CC(=O)NC1CC2CC2(C(=O)O)C1. The molecule has 4 unspecified atom stereocenters. The van der Waals surface area contributed by atoms with Crippen molar-refractivity contribution in [1.29, 1.82) is 0 Å². The number of nitrogens with one attached hydrogen (secondary N) is 2. The molecule has 0 radical (unpaired) electrons. The van der Waals surface area contributed by atoms with Gasteiger partial charge >= 0.3 is 12.1 Å². The number of rotatable bonds is 9. The van der Waals surface area contributed by atoms with E-state index in [0.717, 1.165) is 12.8 Å². The van der Waals surface area contributed by atoms with Gasteiger partial charge in [0.1, 0.15) is 6.61 Å². The minimum absolute atomic E-state index is 0.0256. The maximum Gasteiger partial charge on any atom is 0.407 e. The second-order valence-corrected chi connectivity index (χ2v) is 10.4. The van der Waals surface area contributed by atoms with Crippen molar-refractivity contribution in [2.75, 3.05) is 13.2 Å². The molecule has 2 saturated carbocycles. The molecule has 7 heteroatoms. The lowest BCUT2D eigenvalue weighted by Crippen LogP contribution is -2.36. The van der Waals surface area contributed by atoms with E-state index in [9.17, 15) is 19.5 Å². The fourth-order valence-corrected chi connectivity index (χ4v) is 6.04. The Morgan fingerprint density at radius 2 is 1.71 bits per heavy atom. The first kappa shape index (κ1) is 23.4. The average molecular weight is 477 g/mol. The fourth-order valence-electron chi connectivity index (χ4n) is 6.04. The van der Waals surface area contributed by atoms with E-state index in [0.29, 0.717) is 25.8 Å². The van der Waals surface area contributed by atoms with Crippen LogP contribution in [0.3, 0.4) is 0 Å². The molecule has 4 atom stereocenters. The highest BCUT2D eigenvalue weighted by Gasteiger charge is 2.65. The molecule has 0 heterocycles. The molecule has 0 bridgehead atoms. The summed E-state index contributed by atoms with van der Waals surface area (Å²) in [4.78, 5) is 36.1. The van der Waals surface area contributed by atoms with Gasteiger partial charge in [-0.05, 0) is 59.8 Å². The van der Waals surface area contributed by atoms with Crippen LogP contribution in [0.1, 0.15) is 56.1 Å². The zero-order chi connectivity index (χ0) is 24.6. The van der Waals surface area contributed by atoms with E-state index in [1.54, 1.807) is 0 Å². The topological polar surface area (TPSA) is 105 Å². The summed E-state index contributed by atoms with van der Waals surface area (Å²) in [5.41, 5.74) is 4.15. The van der Waals surface area contributed by atoms with Crippen molar-refractivity contribution < 1.29 is 24.2 Å². The van der Waals surface area contributed by atoms with Gasteiger partial charge in [-0.2, -0.15) is 0 Å². The molecule has 35 heavy (non-hydrogen) atoms. The molecule has 2 aromatic carbocycles. The minimum Gasteiger partial charge on any atom is -0.481 e. The number of carboxylic acids is 1. The van der Waals surface area contributed by atoms with Crippen molar-refractivity contribution in [1.82, 2.24) is 10.6 Å². The Kier molecular flexibility index (Phi) is 6.26. The Morgan fingerprint density at radius 3 is 2.34 bits per heavy atom. The number of amides is 2. The number of fused-ring (bicyclic) bond motifs is 4. The maximum atomic E-state index is 12.4. The standard InChI is InChI=1S/C28H32N2O5/c1-17(12-25(31)30-19-13-18-14-28(18,15-19)26(32)33)10-11-29-27(34)35-16-24-22-8-4-2-6-20(22)21-7-3-5-9-23(21)24/h2-9,17-19,24H,10-16H2,1H3,(H,29,34)(H,30,31)(H,32,33). The molecule has 2 amide bonds. The first-order chi connectivity index (χ1) is 16.9. The molecule has 5 rings (SSSR count). The summed E-state index contributed by atoms with van der Waals surface area (Å²) in [6.45, 7) is 2.68.